The van der Waals surface area contributed by atoms with Crippen molar-refractivity contribution in [3.05, 3.63) is 10.4 Å². The SMILES string of the molecule is CC1(C)C2C[C@H]1C[C@H]1OB([C@H](N)CCCN=[N+]=[N-])O[C@@]21C.Cl. The molecule has 0 spiro atoms. The van der Waals surface area contributed by atoms with E-state index in [2.05, 4.69) is 30.8 Å². The number of hydrogen-bond donors (Lipinski definition) is 1. The van der Waals surface area contributed by atoms with Gasteiger partial charge in [0.05, 0.1) is 11.7 Å². The minimum absolute atomic E-state index is 0. The highest BCUT2D eigenvalue weighted by atomic mass is 35.5. The van der Waals surface area contributed by atoms with Gasteiger partial charge in [0.25, 0.3) is 0 Å². The maximum atomic E-state index is 8.28. The van der Waals surface area contributed by atoms with Crippen LogP contribution in [0.15, 0.2) is 5.11 Å². The normalized spacial score (nSPS) is 39.1. The fourth-order valence-electron chi connectivity index (χ4n) is 4.66. The van der Waals surface area contributed by atoms with Gasteiger partial charge in [-0.2, -0.15) is 0 Å². The third-order valence-electron chi connectivity index (χ3n) is 6.18. The minimum Gasteiger partial charge on any atom is -0.404 e. The molecule has 1 aliphatic heterocycles. The molecule has 0 radical (unpaired) electrons. The first-order valence-electron chi connectivity index (χ1n) is 7.99. The molecule has 4 aliphatic rings. The van der Waals surface area contributed by atoms with Crippen LogP contribution in [0, 0.1) is 17.3 Å². The van der Waals surface area contributed by atoms with Gasteiger partial charge in [0, 0.05) is 17.4 Å². The van der Waals surface area contributed by atoms with Crippen LogP contribution in [-0.4, -0.2) is 31.3 Å². The summed E-state index contributed by atoms with van der Waals surface area (Å²) in [4.78, 5) is 2.75. The molecule has 0 aromatic rings. The van der Waals surface area contributed by atoms with E-state index in [0.29, 0.717) is 17.9 Å². The van der Waals surface area contributed by atoms with E-state index in [1.54, 1.807) is 0 Å². The molecule has 1 heterocycles. The first kappa shape index (κ1) is 17.9. The van der Waals surface area contributed by atoms with Crippen LogP contribution in [0.5, 0.6) is 0 Å². The van der Waals surface area contributed by atoms with Gasteiger partial charge in [0.1, 0.15) is 0 Å². The quantitative estimate of drug-likeness (QED) is 0.276. The van der Waals surface area contributed by atoms with E-state index in [9.17, 15) is 0 Å². The molecule has 1 saturated heterocycles. The average Bonchev–Trinajstić information content (AvgIpc) is 2.80. The molecule has 6 nitrogen and oxygen atoms in total. The monoisotopic (exact) mass is 328 g/mol. The molecule has 8 heteroatoms. The predicted octanol–water partition coefficient (Wildman–Crippen LogP) is 3.09. The zero-order valence-corrected chi connectivity index (χ0v) is 14.4. The number of azide groups is 1. The fraction of sp³-hybridized carbons (Fsp3) is 1.00. The van der Waals surface area contributed by atoms with Crippen molar-refractivity contribution in [2.75, 3.05) is 6.54 Å². The summed E-state index contributed by atoms with van der Waals surface area (Å²) in [6.07, 6.45) is 4.05. The number of nitrogens with two attached hydrogens (primary N) is 1. The third kappa shape index (κ3) is 2.63. The molecule has 2 bridgehead atoms. The molecule has 1 unspecified atom stereocenters. The van der Waals surface area contributed by atoms with Crippen molar-refractivity contribution in [1.82, 2.24) is 0 Å². The van der Waals surface area contributed by atoms with Gasteiger partial charge < -0.3 is 15.0 Å². The smallest absolute Gasteiger partial charge is 0.404 e. The summed E-state index contributed by atoms with van der Waals surface area (Å²) in [7, 11) is -0.318. The zero-order valence-electron chi connectivity index (χ0n) is 13.6. The molecule has 4 fully saturated rings. The van der Waals surface area contributed by atoms with Crippen LogP contribution in [0.2, 0.25) is 0 Å². The molecule has 4 rings (SSSR count). The molecule has 3 saturated carbocycles. The molecule has 0 aromatic heterocycles. The molecule has 3 aliphatic carbocycles. The summed E-state index contributed by atoms with van der Waals surface area (Å²) in [6, 6.07) is 0. The van der Waals surface area contributed by atoms with Gasteiger partial charge >= 0.3 is 7.12 Å². The number of hydrogen-bond acceptors (Lipinski definition) is 4. The van der Waals surface area contributed by atoms with Gasteiger partial charge in [-0.05, 0) is 55.4 Å². The van der Waals surface area contributed by atoms with Crippen molar-refractivity contribution >= 4 is 19.5 Å². The lowest BCUT2D eigenvalue weighted by atomic mass is 9.43. The van der Waals surface area contributed by atoms with Crippen molar-refractivity contribution in [2.45, 2.75) is 64.1 Å². The van der Waals surface area contributed by atoms with Crippen LogP contribution in [0.1, 0.15) is 46.5 Å². The van der Waals surface area contributed by atoms with Gasteiger partial charge in [-0.15, -0.1) is 12.4 Å². The van der Waals surface area contributed by atoms with Gasteiger partial charge in [-0.3, -0.25) is 0 Å². The van der Waals surface area contributed by atoms with Crippen LogP contribution >= 0.6 is 12.4 Å². The molecule has 22 heavy (non-hydrogen) atoms. The van der Waals surface area contributed by atoms with Crippen molar-refractivity contribution in [3.8, 4) is 0 Å². The Morgan fingerprint density at radius 1 is 1.41 bits per heavy atom. The summed E-state index contributed by atoms with van der Waals surface area (Å²) in [5.41, 5.74) is 14.7. The summed E-state index contributed by atoms with van der Waals surface area (Å²) in [5, 5.41) is 3.54. The van der Waals surface area contributed by atoms with Crippen LogP contribution in [-0.2, 0) is 9.31 Å². The van der Waals surface area contributed by atoms with E-state index in [1.807, 2.05) is 0 Å². The van der Waals surface area contributed by atoms with E-state index in [-0.39, 0.29) is 37.2 Å². The Morgan fingerprint density at radius 3 is 2.77 bits per heavy atom. The summed E-state index contributed by atoms with van der Waals surface area (Å²) >= 11 is 0. The maximum Gasteiger partial charge on any atom is 0.475 e. The van der Waals surface area contributed by atoms with Gasteiger partial charge in [0.15, 0.2) is 0 Å². The second-order valence-electron chi connectivity index (χ2n) is 7.60. The third-order valence-corrected chi connectivity index (χ3v) is 6.18. The predicted molar refractivity (Wildman–Crippen MR) is 88.6 cm³/mol. The van der Waals surface area contributed by atoms with Crippen molar-refractivity contribution < 1.29 is 9.31 Å². The topological polar surface area (TPSA) is 93.2 Å². The first-order valence-corrected chi connectivity index (χ1v) is 7.99. The minimum atomic E-state index is -0.318. The fourth-order valence-corrected chi connectivity index (χ4v) is 4.66. The largest absolute Gasteiger partial charge is 0.475 e. The molecular weight excluding hydrogens is 302 g/mol. The molecule has 5 atom stereocenters. The lowest BCUT2D eigenvalue weighted by Crippen LogP contribution is -2.65. The molecule has 0 amide bonds. The van der Waals surface area contributed by atoms with Crippen LogP contribution < -0.4 is 5.73 Å². The van der Waals surface area contributed by atoms with E-state index in [1.165, 1.54) is 6.42 Å². The lowest BCUT2D eigenvalue weighted by Gasteiger charge is -2.64. The maximum absolute atomic E-state index is 8.28. The molecule has 0 aromatic carbocycles. The van der Waals surface area contributed by atoms with E-state index < -0.39 is 0 Å². The Bertz CT molecular complexity index is 474. The number of nitrogens with zero attached hydrogens (tertiary/aromatic N) is 3. The molecule has 124 valence electrons. The van der Waals surface area contributed by atoms with Crippen molar-refractivity contribution in [3.63, 3.8) is 0 Å². The Balaban J connectivity index is 0.00000176. The summed E-state index contributed by atoms with van der Waals surface area (Å²) < 4.78 is 12.4. The van der Waals surface area contributed by atoms with Crippen molar-refractivity contribution in [1.29, 1.82) is 0 Å². The Kier molecular flexibility index (Phi) is 5.05. The second kappa shape index (κ2) is 6.21. The Hall–Kier alpha value is -0.455. The zero-order chi connectivity index (χ0) is 15.3. The number of rotatable bonds is 5. The van der Waals surface area contributed by atoms with E-state index in [4.69, 9.17) is 20.6 Å². The average molecular weight is 329 g/mol. The lowest BCUT2D eigenvalue weighted by molar-refractivity contribution is -0.199. The van der Waals surface area contributed by atoms with E-state index in [0.717, 1.165) is 25.2 Å². The van der Waals surface area contributed by atoms with Gasteiger partial charge in [0.2, 0.25) is 0 Å². The van der Waals surface area contributed by atoms with Crippen LogP contribution in [0.25, 0.3) is 10.4 Å². The Morgan fingerprint density at radius 2 is 2.14 bits per heavy atom. The van der Waals surface area contributed by atoms with E-state index >= 15 is 0 Å². The van der Waals surface area contributed by atoms with Gasteiger partial charge in [-0.25, -0.2) is 0 Å². The summed E-state index contributed by atoms with van der Waals surface area (Å²) in [5.74, 6) is 1.17. The standard InChI is InChI=1S/C14H25BN4O2.ClH/c1-13(2)9-7-10(13)14(3)11(8-9)20-15(21-14)12(16)5-4-6-18-19-17;/h9-12H,4-8,16H2,1-3H3;1H/t9-,10?,11+,12+,14-;/m0./s1. The highest BCUT2D eigenvalue weighted by Gasteiger charge is 2.68. The highest BCUT2D eigenvalue weighted by molar-refractivity contribution is 6.47. The second-order valence-corrected chi connectivity index (χ2v) is 7.60. The summed E-state index contributed by atoms with van der Waals surface area (Å²) in [6.45, 7) is 7.38. The molecular formula is C14H26BClN4O2. The highest BCUT2D eigenvalue weighted by Crippen LogP contribution is 2.65. The number of halogens is 1. The molecule has 2 N–H and O–H groups in total. The van der Waals surface area contributed by atoms with Crippen LogP contribution in [0.3, 0.4) is 0 Å². The Labute approximate surface area is 138 Å². The van der Waals surface area contributed by atoms with Gasteiger partial charge in [-0.1, -0.05) is 19.0 Å². The van der Waals surface area contributed by atoms with Crippen LogP contribution in [0.4, 0.5) is 0 Å². The first-order chi connectivity index (χ1) is 9.89. The van der Waals surface area contributed by atoms with Crippen molar-refractivity contribution in [2.24, 2.45) is 28.1 Å².